The number of phosphoric acid groups is 2. The van der Waals surface area contributed by atoms with Crippen LogP contribution in [0, 0.1) is 11.8 Å². The lowest BCUT2D eigenvalue weighted by molar-refractivity contribution is -0.161. The van der Waals surface area contributed by atoms with Crippen molar-refractivity contribution >= 4 is 39.5 Å². The first-order chi connectivity index (χ1) is 40.9. The zero-order valence-corrected chi connectivity index (χ0v) is 56.7. The van der Waals surface area contributed by atoms with Gasteiger partial charge < -0.3 is 33.8 Å². The Balaban J connectivity index is 5.20. The second-order valence-corrected chi connectivity index (χ2v) is 27.7. The molecule has 0 saturated carbocycles. The van der Waals surface area contributed by atoms with E-state index < -0.39 is 97.5 Å². The van der Waals surface area contributed by atoms with Gasteiger partial charge in [-0.05, 0) is 37.5 Å². The Hall–Kier alpha value is -1.94. The predicted molar refractivity (Wildman–Crippen MR) is 340 cm³/mol. The molecule has 19 heteroatoms. The minimum Gasteiger partial charge on any atom is -0.462 e. The van der Waals surface area contributed by atoms with Gasteiger partial charge in [0.25, 0.3) is 0 Å². The van der Waals surface area contributed by atoms with Crippen LogP contribution >= 0.6 is 15.6 Å². The van der Waals surface area contributed by atoms with Crippen molar-refractivity contribution in [2.24, 2.45) is 11.8 Å². The van der Waals surface area contributed by atoms with Crippen molar-refractivity contribution < 1.29 is 80.2 Å². The second-order valence-electron chi connectivity index (χ2n) is 24.8. The van der Waals surface area contributed by atoms with Gasteiger partial charge in [0.05, 0.1) is 26.4 Å². The highest BCUT2D eigenvalue weighted by Crippen LogP contribution is 2.45. The highest BCUT2D eigenvalue weighted by atomic mass is 31.2. The zero-order valence-electron chi connectivity index (χ0n) is 54.9. The number of carbonyl (C=O) groups excluding carboxylic acids is 4. The summed E-state index contributed by atoms with van der Waals surface area (Å²) in [7, 11) is -9.88. The van der Waals surface area contributed by atoms with Gasteiger partial charge in [0.1, 0.15) is 19.3 Å². The van der Waals surface area contributed by atoms with E-state index in [4.69, 9.17) is 37.0 Å². The molecule has 0 fully saturated rings. The van der Waals surface area contributed by atoms with E-state index in [1.807, 2.05) is 0 Å². The van der Waals surface area contributed by atoms with Crippen LogP contribution in [0.25, 0.3) is 0 Å². The van der Waals surface area contributed by atoms with Crippen LogP contribution in [0.15, 0.2) is 0 Å². The van der Waals surface area contributed by atoms with Gasteiger partial charge in [-0.1, -0.05) is 279 Å². The first kappa shape index (κ1) is 83.1. The second kappa shape index (κ2) is 58.4. The summed E-state index contributed by atoms with van der Waals surface area (Å²) in [6.07, 6.45) is 41.8. The largest absolute Gasteiger partial charge is 0.472 e. The van der Waals surface area contributed by atoms with E-state index in [1.165, 1.54) is 135 Å². The first-order valence-electron chi connectivity index (χ1n) is 34.5. The summed E-state index contributed by atoms with van der Waals surface area (Å²) in [5.41, 5.74) is 0. The van der Waals surface area contributed by atoms with Crippen molar-refractivity contribution in [2.75, 3.05) is 39.6 Å². The molecule has 0 spiro atoms. The van der Waals surface area contributed by atoms with Crippen molar-refractivity contribution in [1.82, 2.24) is 0 Å². The number of rotatable bonds is 65. The topological polar surface area (TPSA) is 237 Å². The monoisotopic (exact) mass is 1250 g/mol. The van der Waals surface area contributed by atoms with E-state index in [0.29, 0.717) is 25.7 Å². The lowest BCUT2D eigenvalue weighted by Crippen LogP contribution is -2.30. The molecular formula is C66H128O17P2. The highest BCUT2D eigenvalue weighted by molar-refractivity contribution is 7.47. The number of hydrogen-bond acceptors (Lipinski definition) is 15. The molecule has 0 amide bonds. The zero-order chi connectivity index (χ0) is 62.9. The fourth-order valence-electron chi connectivity index (χ4n) is 9.88. The van der Waals surface area contributed by atoms with Gasteiger partial charge in [0.2, 0.25) is 0 Å². The summed E-state index contributed by atoms with van der Waals surface area (Å²) in [4.78, 5) is 72.2. The van der Waals surface area contributed by atoms with Crippen molar-refractivity contribution in [2.45, 2.75) is 349 Å². The molecule has 0 aliphatic rings. The lowest BCUT2D eigenvalue weighted by Gasteiger charge is -2.21. The smallest absolute Gasteiger partial charge is 0.462 e. The SMILES string of the molecule is CCCCCCCCCCCC(=O)O[C@H](COC(=O)CCCCCCCCC)COP(=O)(O)OC[C@H](O)COP(=O)(O)OC[C@@H](COC(=O)CCCCCCCCCCCCCC(C)C)OC(=O)CCCCCCCCCCCCCCC(C)C. The van der Waals surface area contributed by atoms with E-state index in [2.05, 4.69) is 41.5 Å². The van der Waals surface area contributed by atoms with Crippen LogP contribution in [0.2, 0.25) is 0 Å². The van der Waals surface area contributed by atoms with Gasteiger partial charge in [-0.3, -0.25) is 37.3 Å². The fourth-order valence-corrected chi connectivity index (χ4v) is 11.5. The molecule has 0 saturated heterocycles. The molecule has 17 nitrogen and oxygen atoms in total. The van der Waals surface area contributed by atoms with E-state index in [0.717, 1.165) is 115 Å². The Morgan fingerprint density at radius 2 is 0.541 bits per heavy atom. The third-order valence-corrected chi connectivity index (χ3v) is 17.1. The van der Waals surface area contributed by atoms with Crippen LogP contribution in [0.5, 0.6) is 0 Å². The van der Waals surface area contributed by atoms with Crippen molar-refractivity contribution in [1.29, 1.82) is 0 Å². The van der Waals surface area contributed by atoms with Gasteiger partial charge in [0.15, 0.2) is 12.2 Å². The molecular weight excluding hydrogens is 1130 g/mol. The highest BCUT2D eigenvalue weighted by Gasteiger charge is 2.30. The number of hydrogen-bond donors (Lipinski definition) is 3. The predicted octanol–water partition coefficient (Wildman–Crippen LogP) is 18.4. The van der Waals surface area contributed by atoms with Gasteiger partial charge in [-0.25, -0.2) is 9.13 Å². The molecule has 0 aromatic heterocycles. The van der Waals surface area contributed by atoms with Crippen molar-refractivity contribution in [3.05, 3.63) is 0 Å². The number of unbranched alkanes of at least 4 members (excludes halogenated alkanes) is 35. The Labute approximate surface area is 517 Å². The molecule has 85 heavy (non-hydrogen) atoms. The van der Waals surface area contributed by atoms with Crippen LogP contribution in [-0.4, -0.2) is 96.7 Å². The molecule has 0 rings (SSSR count). The van der Waals surface area contributed by atoms with Gasteiger partial charge in [0, 0.05) is 25.7 Å². The molecule has 3 N–H and O–H groups in total. The van der Waals surface area contributed by atoms with E-state index >= 15 is 0 Å². The fraction of sp³-hybridized carbons (Fsp3) is 0.939. The van der Waals surface area contributed by atoms with Crippen molar-refractivity contribution in [3.63, 3.8) is 0 Å². The molecule has 5 atom stereocenters. The molecule has 0 aromatic rings. The number of ether oxygens (including phenoxy) is 4. The average Bonchev–Trinajstić information content (AvgIpc) is 3.50. The number of aliphatic hydroxyl groups is 1. The number of phosphoric ester groups is 2. The van der Waals surface area contributed by atoms with Crippen LogP contribution in [0.1, 0.15) is 330 Å². The maximum Gasteiger partial charge on any atom is 0.472 e. The van der Waals surface area contributed by atoms with Crippen LogP contribution < -0.4 is 0 Å². The number of esters is 4. The summed E-state index contributed by atoms with van der Waals surface area (Å²) in [5, 5.41) is 10.5. The summed E-state index contributed by atoms with van der Waals surface area (Å²) >= 11 is 0. The summed E-state index contributed by atoms with van der Waals surface area (Å²) in [6, 6.07) is 0. The van der Waals surface area contributed by atoms with Gasteiger partial charge in [-0.2, -0.15) is 0 Å². The average molecular weight is 1260 g/mol. The number of carbonyl (C=O) groups is 4. The minimum atomic E-state index is -4.95. The van der Waals surface area contributed by atoms with Crippen molar-refractivity contribution in [3.8, 4) is 0 Å². The summed E-state index contributed by atoms with van der Waals surface area (Å²) < 4.78 is 68.0. The van der Waals surface area contributed by atoms with Crippen LogP contribution in [0.3, 0.4) is 0 Å². The summed E-state index contributed by atoms with van der Waals surface area (Å²) in [6.45, 7) is 9.47. The maximum absolute atomic E-state index is 13.0. The third kappa shape index (κ3) is 60.7. The van der Waals surface area contributed by atoms with E-state index in [9.17, 15) is 43.2 Å². The Kier molecular flexibility index (Phi) is 57.1. The van der Waals surface area contributed by atoms with Crippen LogP contribution in [-0.2, 0) is 65.4 Å². The Morgan fingerprint density at radius 3 is 0.800 bits per heavy atom. The molecule has 0 radical (unpaired) electrons. The third-order valence-electron chi connectivity index (χ3n) is 15.2. The molecule has 0 aromatic carbocycles. The maximum atomic E-state index is 13.0. The Bertz CT molecular complexity index is 1670. The number of aliphatic hydroxyl groups excluding tert-OH is 1. The van der Waals surface area contributed by atoms with E-state index in [1.54, 1.807) is 0 Å². The van der Waals surface area contributed by atoms with Crippen LogP contribution in [0.4, 0.5) is 0 Å². The normalized spacial score (nSPS) is 14.2. The molecule has 2 unspecified atom stereocenters. The standard InChI is InChI=1S/C66H128O17P2/c1-7-9-11-13-15-23-32-38-44-50-65(70)82-61(54-76-63(68)48-42-36-28-14-12-10-8-2)56-80-84(72,73)78-52-60(67)53-79-85(74,75)81-57-62(55-77-64(69)49-43-37-31-26-22-18-20-25-30-35-41-47-59(5)6)83-66(71)51-45-39-33-27-21-17-16-19-24-29-34-40-46-58(3)4/h58-62,67H,7-57H2,1-6H3,(H,72,73)(H,74,75)/t60-,61+,62+/m0/s1. The molecule has 0 heterocycles. The quantitative estimate of drug-likeness (QED) is 0.0222. The molecule has 0 aliphatic heterocycles. The molecule has 504 valence electrons. The van der Waals surface area contributed by atoms with Gasteiger partial charge >= 0.3 is 39.5 Å². The summed E-state index contributed by atoms with van der Waals surface area (Å²) in [5.74, 6) is -0.587. The molecule has 0 aliphatic carbocycles. The Morgan fingerprint density at radius 1 is 0.318 bits per heavy atom. The lowest BCUT2D eigenvalue weighted by atomic mass is 10.0. The minimum absolute atomic E-state index is 0.105. The first-order valence-corrected chi connectivity index (χ1v) is 37.5. The van der Waals surface area contributed by atoms with Gasteiger partial charge in [-0.15, -0.1) is 0 Å². The van der Waals surface area contributed by atoms with E-state index in [-0.39, 0.29) is 25.7 Å². The molecule has 0 bridgehead atoms.